The molecule has 0 bridgehead atoms. The molecule has 4 rings (SSSR count). The monoisotopic (exact) mass is 365 g/mol. The van der Waals surface area contributed by atoms with Crippen LogP contribution < -0.4 is 10.5 Å². The molecule has 0 aliphatic carbocycles. The van der Waals surface area contributed by atoms with Crippen molar-refractivity contribution in [2.24, 2.45) is 0 Å². The van der Waals surface area contributed by atoms with E-state index in [0.717, 1.165) is 11.1 Å². The van der Waals surface area contributed by atoms with Crippen molar-refractivity contribution in [3.05, 3.63) is 114 Å². The highest BCUT2D eigenvalue weighted by Crippen LogP contribution is 2.29. The maximum absolute atomic E-state index is 12.9. The predicted octanol–water partition coefficient (Wildman–Crippen LogP) is 5.96. The summed E-state index contributed by atoms with van der Waals surface area (Å²) < 4.78 is 5.85. The third kappa shape index (κ3) is 3.79. The van der Waals surface area contributed by atoms with E-state index < -0.39 is 0 Å². The number of hydrogen-bond donors (Lipinski definition) is 1. The number of ether oxygens (including phenoxy) is 1. The van der Waals surface area contributed by atoms with Gasteiger partial charge in [-0.15, -0.1) is 0 Å². The molecule has 0 aliphatic rings. The van der Waals surface area contributed by atoms with E-state index in [4.69, 9.17) is 10.5 Å². The number of anilines is 1. The van der Waals surface area contributed by atoms with E-state index in [2.05, 4.69) is 0 Å². The molecule has 3 heteroatoms. The van der Waals surface area contributed by atoms with Crippen molar-refractivity contribution in [1.29, 1.82) is 0 Å². The molecule has 2 N–H and O–H groups in total. The second-order valence-electron chi connectivity index (χ2n) is 6.44. The first-order valence-electron chi connectivity index (χ1n) is 9.03. The molecule has 0 unspecified atom stereocenters. The highest BCUT2D eigenvalue weighted by Gasteiger charge is 2.14. The van der Waals surface area contributed by atoms with Gasteiger partial charge in [-0.1, -0.05) is 72.8 Å². The summed E-state index contributed by atoms with van der Waals surface area (Å²) in [6, 6.07) is 32.0. The number of carbonyl (C=O) groups is 1. The molecule has 0 heterocycles. The summed E-state index contributed by atoms with van der Waals surface area (Å²) in [5.41, 5.74) is 9.66. The molecule has 4 aromatic carbocycles. The molecule has 3 nitrogen and oxygen atoms in total. The van der Waals surface area contributed by atoms with E-state index in [9.17, 15) is 4.79 Å². The molecular weight excluding hydrogens is 346 g/mol. The lowest BCUT2D eigenvalue weighted by atomic mass is 9.94. The SMILES string of the molecule is Nc1cccc(Oc2ccc(-c3ccccc3C(=O)c3ccccc3)cc2)c1. The summed E-state index contributed by atoms with van der Waals surface area (Å²) in [6.07, 6.45) is 0. The first-order valence-corrected chi connectivity index (χ1v) is 9.03. The lowest BCUT2D eigenvalue weighted by Crippen LogP contribution is -2.03. The first kappa shape index (κ1) is 17.6. The number of ketones is 1. The average molecular weight is 365 g/mol. The minimum absolute atomic E-state index is 0.0105. The lowest BCUT2D eigenvalue weighted by molar-refractivity contribution is 0.103. The van der Waals surface area contributed by atoms with Gasteiger partial charge in [0.25, 0.3) is 0 Å². The van der Waals surface area contributed by atoms with E-state index in [0.29, 0.717) is 28.3 Å². The average Bonchev–Trinajstić information content (AvgIpc) is 2.74. The predicted molar refractivity (Wildman–Crippen MR) is 113 cm³/mol. The van der Waals surface area contributed by atoms with Gasteiger partial charge in [0.1, 0.15) is 11.5 Å². The van der Waals surface area contributed by atoms with Crippen LogP contribution in [-0.4, -0.2) is 5.78 Å². The molecule has 0 aromatic heterocycles. The minimum Gasteiger partial charge on any atom is -0.457 e. The quantitative estimate of drug-likeness (QED) is 0.351. The molecule has 0 fully saturated rings. The van der Waals surface area contributed by atoms with Crippen molar-refractivity contribution in [3.63, 3.8) is 0 Å². The number of rotatable bonds is 5. The standard InChI is InChI=1S/C25H19NO2/c26-20-9-6-10-22(17-20)28-21-15-13-18(14-16-21)23-11-4-5-12-24(23)25(27)19-7-2-1-3-8-19/h1-17H,26H2. The largest absolute Gasteiger partial charge is 0.457 e. The Morgan fingerprint density at radius 1 is 0.679 bits per heavy atom. The van der Waals surface area contributed by atoms with Gasteiger partial charge in [-0.25, -0.2) is 0 Å². The Labute approximate surface area is 164 Å². The van der Waals surface area contributed by atoms with Gasteiger partial charge in [-0.05, 0) is 35.4 Å². The third-order valence-electron chi connectivity index (χ3n) is 4.47. The summed E-state index contributed by atoms with van der Waals surface area (Å²) in [4.78, 5) is 12.9. The zero-order valence-electron chi connectivity index (χ0n) is 15.2. The maximum Gasteiger partial charge on any atom is 0.193 e. The Morgan fingerprint density at radius 3 is 2.14 bits per heavy atom. The molecule has 28 heavy (non-hydrogen) atoms. The van der Waals surface area contributed by atoms with Crippen molar-refractivity contribution >= 4 is 11.5 Å². The van der Waals surface area contributed by atoms with Crippen molar-refractivity contribution in [3.8, 4) is 22.6 Å². The molecule has 4 aromatic rings. The van der Waals surface area contributed by atoms with E-state index >= 15 is 0 Å². The first-order chi connectivity index (χ1) is 13.7. The zero-order valence-corrected chi connectivity index (χ0v) is 15.2. The molecule has 0 atom stereocenters. The molecular formula is C25H19NO2. The Bertz CT molecular complexity index is 1100. The van der Waals surface area contributed by atoms with Crippen LogP contribution in [0.5, 0.6) is 11.5 Å². The van der Waals surface area contributed by atoms with E-state index in [-0.39, 0.29) is 5.78 Å². The topological polar surface area (TPSA) is 52.3 Å². The summed E-state index contributed by atoms with van der Waals surface area (Å²) in [5, 5.41) is 0. The van der Waals surface area contributed by atoms with Gasteiger partial charge >= 0.3 is 0 Å². The fraction of sp³-hybridized carbons (Fsp3) is 0. The van der Waals surface area contributed by atoms with Crippen LogP contribution in [0.25, 0.3) is 11.1 Å². The summed E-state index contributed by atoms with van der Waals surface area (Å²) in [7, 11) is 0. The fourth-order valence-corrected chi connectivity index (χ4v) is 3.09. The summed E-state index contributed by atoms with van der Waals surface area (Å²) >= 11 is 0. The van der Waals surface area contributed by atoms with Crippen LogP contribution in [0, 0.1) is 0 Å². The number of nitrogens with two attached hydrogens (primary N) is 1. The Balaban J connectivity index is 1.62. The van der Waals surface area contributed by atoms with Crippen LogP contribution in [0.15, 0.2) is 103 Å². The van der Waals surface area contributed by atoms with Gasteiger partial charge in [0, 0.05) is 22.9 Å². The molecule has 0 saturated carbocycles. The van der Waals surface area contributed by atoms with Crippen LogP contribution in [0.3, 0.4) is 0 Å². The van der Waals surface area contributed by atoms with Crippen molar-refractivity contribution in [1.82, 2.24) is 0 Å². The summed E-state index contributed by atoms with van der Waals surface area (Å²) in [5.74, 6) is 1.41. The summed E-state index contributed by atoms with van der Waals surface area (Å²) in [6.45, 7) is 0. The molecule has 0 amide bonds. The van der Waals surface area contributed by atoms with Crippen LogP contribution in [0.1, 0.15) is 15.9 Å². The third-order valence-corrected chi connectivity index (χ3v) is 4.47. The van der Waals surface area contributed by atoms with Gasteiger partial charge in [0.15, 0.2) is 5.78 Å². The highest BCUT2D eigenvalue weighted by molar-refractivity contribution is 6.12. The van der Waals surface area contributed by atoms with Crippen molar-refractivity contribution < 1.29 is 9.53 Å². The van der Waals surface area contributed by atoms with Crippen LogP contribution in [0.4, 0.5) is 5.69 Å². The normalized spacial score (nSPS) is 10.4. The van der Waals surface area contributed by atoms with E-state index in [1.165, 1.54) is 0 Å². The molecule has 0 spiro atoms. The molecule has 0 saturated heterocycles. The van der Waals surface area contributed by atoms with Gasteiger partial charge < -0.3 is 10.5 Å². The van der Waals surface area contributed by atoms with Crippen LogP contribution in [0.2, 0.25) is 0 Å². The zero-order chi connectivity index (χ0) is 19.3. The van der Waals surface area contributed by atoms with E-state index in [1.807, 2.05) is 97.1 Å². The van der Waals surface area contributed by atoms with Crippen LogP contribution in [-0.2, 0) is 0 Å². The van der Waals surface area contributed by atoms with E-state index in [1.54, 1.807) is 6.07 Å². The molecule has 0 aliphatic heterocycles. The van der Waals surface area contributed by atoms with Crippen molar-refractivity contribution in [2.75, 3.05) is 5.73 Å². The Morgan fingerprint density at radius 2 is 1.39 bits per heavy atom. The second kappa shape index (κ2) is 7.80. The fourth-order valence-electron chi connectivity index (χ4n) is 3.09. The molecule has 136 valence electrons. The number of hydrogen-bond acceptors (Lipinski definition) is 3. The lowest BCUT2D eigenvalue weighted by Gasteiger charge is -2.11. The number of carbonyl (C=O) groups excluding carboxylic acids is 1. The van der Waals surface area contributed by atoms with Gasteiger partial charge in [-0.3, -0.25) is 4.79 Å². The van der Waals surface area contributed by atoms with Crippen molar-refractivity contribution in [2.45, 2.75) is 0 Å². The number of nitrogen functional groups attached to an aromatic ring is 1. The smallest absolute Gasteiger partial charge is 0.193 e. The van der Waals surface area contributed by atoms with Gasteiger partial charge in [-0.2, -0.15) is 0 Å². The van der Waals surface area contributed by atoms with Gasteiger partial charge in [0.2, 0.25) is 0 Å². The van der Waals surface area contributed by atoms with Crippen LogP contribution >= 0.6 is 0 Å². The Kier molecular flexibility index (Phi) is 4.89. The highest BCUT2D eigenvalue weighted by atomic mass is 16.5. The minimum atomic E-state index is 0.0105. The van der Waals surface area contributed by atoms with Gasteiger partial charge in [0.05, 0.1) is 0 Å². The number of benzene rings is 4. The second-order valence-corrected chi connectivity index (χ2v) is 6.44. The Hall–Kier alpha value is -3.85. The maximum atomic E-state index is 12.9. The molecule has 0 radical (unpaired) electrons.